The van der Waals surface area contributed by atoms with Crippen molar-refractivity contribution >= 4 is 36.4 Å². The van der Waals surface area contributed by atoms with Crippen LogP contribution in [0.25, 0.3) is 0 Å². The summed E-state index contributed by atoms with van der Waals surface area (Å²) in [6, 6.07) is 1.09. The zero-order valence-electron chi connectivity index (χ0n) is 13.6. The van der Waals surface area contributed by atoms with Crippen LogP contribution in [0.1, 0.15) is 25.7 Å². The third-order valence-electron chi connectivity index (χ3n) is 4.57. The Morgan fingerprint density at radius 2 is 1.67 bits per heavy atom. The molecule has 3 rings (SSSR count). The predicted octanol–water partition coefficient (Wildman–Crippen LogP) is 1.65. The van der Waals surface area contributed by atoms with Crippen LogP contribution in [-0.4, -0.2) is 48.6 Å². The zero-order chi connectivity index (χ0) is 15.1. The van der Waals surface area contributed by atoms with Crippen LogP contribution in [0.4, 0.5) is 0 Å². The van der Waals surface area contributed by atoms with E-state index in [-0.39, 0.29) is 0 Å². The van der Waals surface area contributed by atoms with Gasteiger partial charge in [0.15, 0.2) is 0 Å². The van der Waals surface area contributed by atoms with Gasteiger partial charge in [0.05, 0.1) is 12.2 Å². The fourth-order valence-electron chi connectivity index (χ4n) is 3.28. The average Bonchev–Trinajstić information content (AvgIpc) is 3.11. The van der Waals surface area contributed by atoms with Crippen molar-refractivity contribution in [3.05, 3.63) is 0 Å². The van der Waals surface area contributed by atoms with E-state index >= 15 is 0 Å². The molecule has 0 N–H and O–H groups in total. The van der Waals surface area contributed by atoms with Crippen LogP contribution < -0.4 is 0 Å². The molecule has 3 fully saturated rings. The molecular formula is C12H28O5Si4. The molecule has 0 spiro atoms. The molecule has 1 aliphatic carbocycles. The van der Waals surface area contributed by atoms with E-state index < -0.39 is 36.4 Å². The van der Waals surface area contributed by atoms with Gasteiger partial charge in [-0.15, -0.1) is 0 Å². The minimum absolute atomic E-state index is 0.568. The molecule has 0 aromatic heterocycles. The van der Waals surface area contributed by atoms with Crippen molar-refractivity contribution in [3.8, 4) is 0 Å². The highest BCUT2D eigenvalue weighted by Gasteiger charge is 2.44. The SMILES string of the molecule is C[Si]1(C)O[SiH2]O[Si](C)(C)O[SiH](CCC2CCC3OC3C2)O1. The lowest BCUT2D eigenvalue weighted by Gasteiger charge is -2.37. The van der Waals surface area contributed by atoms with Crippen LogP contribution in [0.3, 0.4) is 0 Å². The molecule has 0 amide bonds. The molecular weight excluding hydrogens is 336 g/mol. The molecule has 0 aromatic carbocycles. The third-order valence-corrected chi connectivity index (χ3v) is 18.5. The van der Waals surface area contributed by atoms with Crippen molar-refractivity contribution in [2.45, 2.75) is 70.1 Å². The van der Waals surface area contributed by atoms with Gasteiger partial charge in [0, 0.05) is 0 Å². The fourth-order valence-corrected chi connectivity index (χ4v) is 15.5. The summed E-state index contributed by atoms with van der Waals surface area (Å²) in [5.74, 6) is 0.796. The first-order chi connectivity index (χ1) is 9.83. The summed E-state index contributed by atoms with van der Waals surface area (Å²) in [5, 5.41) is 0. The van der Waals surface area contributed by atoms with Crippen LogP contribution in [0, 0.1) is 5.92 Å². The molecule has 3 aliphatic rings. The fraction of sp³-hybridized carbons (Fsp3) is 1.00. The van der Waals surface area contributed by atoms with Gasteiger partial charge in [0.25, 0.3) is 10.0 Å². The van der Waals surface area contributed by atoms with Gasteiger partial charge in [0.2, 0.25) is 0 Å². The second-order valence-corrected chi connectivity index (χ2v) is 18.8. The molecule has 21 heavy (non-hydrogen) atoms. The van der Waals surface area contributed by atoms with Crippen molar-refractivity contribution in [3.63, 3.8) is 0 Å². The molecule has 2 aliphatic heterocycles. The smallest absolute Gasteiger partial charge is 0.313 e. The van der Waals surface area contributed by atoms with Gasteiger partial charge in [-0.2, -0.15) is 0 Å². The lowest BCUT2D eigenvalue weighted by molar-refractivity contribution is 0.268. The van der Waals surface area contributed by atoms with E-state index in [4.69, 9.17) is 21.2 Å². The molecule has 2 heterocycles. The summed E-state index contributed by atoms with van der Waals surface area (Å²) in [7, 11) is -6.65. The first kappa shape index (κ1) is 16.5. The topological polar surface area (TPSA) is 49.5 Å². The maximum Gasteiger partial charge on any atom is 0.313 e. The molecule has 3 unspecified atom stereocenters. The number of hydrogen-bond acceptors (Lipinski definition) is 5. The van der Waals surface area contributed by atoms with Gasteiger partial charge in [-0.05, 0) is 63.8 Å². The van der Waals surface area contributed by atoms with E-state index in [9.17, 15) is 0 Å². The van der Waals surface area contributed by atoms with Crippen molar-refractivity contribution in [2.24, 2.45) is 5.92 Å². The van der Waals surface area contributed by atoms with E-state index in [0.717, 1.165) is 12.0 Å². The first-order valence-electron chi connectivity index (χ1n) is 8.12. The van der Waals surface area contributed by atoms with E-state index in [1.807, 2.05) is 0 Å². The Kier molecular flexibility index (Phi) is 4.94. The van der Waals surface area contributed by atoms with E-state index in [1.54, 1.807) is 0 Å². The molecule has 122 valence electrons. The maximum absolute atomic E-state index is 6.33. The Hall–Kier alpha value is 0.668. The van der Waals surface area contributed by atoms with Gasteiger partial charge < -0.3 is 21.2 Å². The Morgan fingerprint density at radius 1 is 1.00 bits per heavy atom. The summed E-state index contributed by atoms with van der Waals surface area (Å²) in [6.45, 7) is 8.48. The van der Waals surface area contributed by atoms with Crippen LogP contribution in [-0.2, 0) is 21.2 Å². The van der Waals surface area contributed by atoms with Crippen LogP contribution in [0.5, 0.6) is 0 Å². The Bertz CT molecular complexity index is 363. The van der Waals surface area contributed by atoms with Crippen molar-refractivity contribution in [1.82, 2.24) is 0 Å². The Morgan fingerprint density at radius 3 is 2.29 bits per heavy atom. The van der Waals surface area contributed by atoms with Gasteiger partial charge in [-0.1, -0.05) is 0 Å². The standard InChI is InChI=1S/C12H28O5Si4/c1-20(2)14-18-15-21(3,4)17-19(16-20)8-7-10-5-6-11-12(9-10)13-11/h10-12,19H,5-9,18H2,1-4H3. The third kappa shape index (κ3) is 4.82. The Balaban J connectivity index is 1.52. The van der Waals surface area contributed by atoms with Gasteiger partial charge >= 0.3 is 26.4 Å². The zero-order valence-corrected chi connectivity index (χ0v) is 18.2. The summed E-state index contributed by atoms with van der Waals surface area (Å²) in [4.78, 5) is 0. The average molecular weight is 365 g/mol. The molecule has 5 nitrogen and oxygen atoms in total. The van der Waals surface area contributed by atoms with E-state index in [0.29, 0.717) is 12.2 Å². The van der Waals surface area contributed by atoms with Crippen molar-refractivity contribution in [1.29, 1.82) is 0 Å². The molecule has 3 atom stereocenters. The second kappa shape index (κ2) is 6.28. The molecule has 0 radical (unpaired) electrons. The minimum Gasteiger partial charge on any atom is -0.420 e. The molecule has 9 heteroatoms. The summed E-state index contributed by atoms with van der Waals surface area (Å²) >= 11 is 0. The maximum atomic E-state index is 6.33. The van der Waals surface area contributed by atoms with E-state index in [1.165, 1.54) is 25.7 Å². The number of rotatable bonds is 3. The van der Waals surface area contributed by atoms with Crippen molar-refractivity contribution in [2.75, 3.05) is 0 Å². The van der Waals surface area contributed by atoms with E-state index in [2.05, 4.69) is 26.2 Å². The Labute approximate surface area is 134 Å². The van der Waals surface area contributed by atoms with Gasteiger partial charge in [0.1, 0.15) is 0 Å². The lowest BCUT2D eigenvalue weighted by atomic mass is 9.88. The molecule has 0 bridgehead atoms. The van der Waals surface area contributed by atoms with Gasteiger partial charge in [-0.3, -0.25) is 0 Å². The molecule has 1 saturated carbocycles. The highest BCUT2D eigenvalue weighted by atomic mass is 28.5. The number of epoxide rings is 1. The van der Waals surface area contributed by atoms with Gasteiger partial charge in [-0.25, -0.2) is 0 Å². The monoisotopic (exact) mass is 364 g/mol. The normalized spacial score (nSPS) is 42.9. The number of hydrogen-bond donors (Lipinski definition) is 0. The lowest BCUT2D eigenvalue weighted by Crippen LogP contribution is -2.53. The quantitative estimate of drug-likeness (QED) is 0.563. The summed E-state index contributed by atoms with van der Waals surface area (Å²) in [5.41, 5.74) is 0. The first-order valence-corrected chi connectivity index (χ1v) is 16.7. The van der Waals surface area contributed by atoms with Crippen LogP contribution in [0.15, 0.2) is 0 Å². The largest absolute Gasteiger partial charge is 0.420 e. The summed E-state index contributed by atoms with van der Waals surface area (Å²) < 4.78 is 30.2. The number of ether oxygens (including phenoxy) is 1. The highest BCUT2D eigenvalue weighted by Crippen LogP contribution is 2.41. The second-order valence-electron chi connectivity index (χ2n) is 7.34. The van der Waals surface area contributed by atoms with Crippen LogP contribution in [0.2, 0.25) is 32.2 Å². The summed E-state index contributed by atoms with van der Waals surface area (Å²) in [6.07, 6.45) is 6.19. The highest BCUT2D eigenvalue weighted by molar-refractivity contribution is 6.82. The minimum atomic E-state index is -2.02. The number of fused-ring (bicyclic) bond motifs is 1. The van der Waals surface area contributed by atoms with Crippen molar-refractivity contribution < 1.29 is 21.2 Å². The molecule has 2 saturated heterocycles. The molecule has 0 aromatic rings. The van der Waals surface area contributed by atoms with Crippen LogP contribution >= 0.6 is 0 Å². The predicted molar refractivity (Wildman–Crippen MR) is 90.4 cm³/mol.